The van der Waals surface area contributed by atoms with Gasteiger partial charge < -0.3 is 4.74 Å². The highest BCUT2D eigenvalue weighted by molar-refractivity contribution is 7.90. The Bertz CT molecular complexity index is 1030. The number of likely N-dealkylation sites (tertiary alicyclic amines) is 1. The van der Waals surface area contributed by atoms with Crippen molar-refractivity contribution in [1.29, 1.82) is 0 Å². The predicted molar refractivity (Wildman–Crippen MR) is 112 cm³/mol. The summed E-state index contributed by atoms with van der Waals surface area (Å²) in [6, 6.07) is 13.8. The Balaban J connectivity index is 0.00000225. The minimum Gasteiger partial charge on any atom is -0.475 e. The van der Waals surface area contributed by atoms with Crippen molar-refractivity contribution in [2.75, 3.05) is 13.1 Å². The van der Waals surface area contributed by atoms with Gasteiger partial charge in [-0.3, -0.25) is 4.90 Å². The fourth-order valence-corrected chi connectivity index (χ4v) is 4.82. The van der Waals surface area contributed by atoms with Crippen LogP contribution in [0.4, 0.5) is 0 Å². The SMILES string of the molecule is CC(Oc1cccc2c1cnn2S(=O)(=O)c1ccccc1)N1CCCCC1.Cl. The van der Waals surface area contributed by atoms with Crippen LogP contribution in [0.1, 0.15) is 26.2 Å². The highest BCUT2D eigenvalue weighted by Crippen LogP contribution is 2.29. The number of fused-ring (bicyclic) bond motifs is 1. The van der Waals surface area contributed by atoms with Crippen molar-refractivity contribution in [3.63, 3.8) is 0 Å². The van der Waals surface area contributed by atoms with Gasteiger partial charge >= 0.3 is 0 Å². The monoisotopic (exact) mass is 421 g/mol. The van der Waals surface area contributed by atoms with E-state index < -0.39 is 10.0 Å². The lowest BCUT2D eigenvalue weighted by molar-refractivity contribution is 0.0273. The zero-order chi connectivity index (χ0) is 18.9. The maximum absolute atomic E-state index is 12.9. The maximum Gasteiger partial charge on any atom is 0.283 e. The summed E-state index contributed by atoms with van der Waals surface area (Å²) in [6.45, 7) is 4.09. The van der Waals surface area contributed by atoms with Gasteiger partial charge in [0.25, 0.3) is 10.0 Å². The molecule has 0 aliphatic carbocycles. The molecule has 3 aromatic rings. The second kappa shape index (κ2) is 8.51. The first-order valence-corrected chi connectivity index (χ1v) is 10.7. The normalized spacial score (nSPS) is 16.5. The van der Waals surface area contributed by atoms with Gasteiger partial charge in [-0.05, 0) is 44.0 Å². The fraction of sp³-hybridized carbons (Fsp3) is 0.350. The lowest BCUT2D eigenvalue weighted by atomic mass is 10.1. The van der Waals surface area contributed by atoms with Gasteiger partial charge in [-0.2, -0.15) is 17.6 Å². The zero-order valence-electron chi connectivity index (χ0n) is 15.7. The standard InChI is InChI=1S/C20H23N3O3S.ClH/c1-16(22-13-6-3-7-14-22)26-20-12-8-11-19-18(20)15-21-23(19)27(24,25)17-9-4-2-5-10-17;/h2,4-5,8-12,15-16H,3,6-7,13-14H2,1H3;1H. The quantitative estimate of drug-likeness (QED) is 0.625. The summed E-state index contributed by atoms with van der Waals surface area (Å²) in [7, 11) is -3.75. The predicted octanol–water partition coefficient (Wildman–Crippen LogP) is 3.91. The minimum absolute atomic E-state index is 0. The topological polar surface area (TPSA) is 64.4 Å². The molecular formula is C20H24ClN3O3S. The molecule has 1 atom stereocenters. The number of rotatable bonds is 5. The van der Waals surface area contributed by atoms with Crippen LogP contribution in [0, 0.1) is 0 Å². The molecule has 2 aromatic carbocycles. The maximum atomic E-state index is 12.9. The van der Waals surface area contributed by atoms with Crippen molar-refractivity contribution in [3.05, 3.63) is 54.7 Å². The van der Waals surface area contributed by atoms with Crippen LogP contribution in [-0.2, 0) is 10.0 Å². The van der Waals surface area contributed by atoms with Crippen molar-refractivity contribution in [2.24, 2.45) is 0 Å². The first-order valence-electron chi connectivity index (χ1n) is 9.25. The summed E-state index contributed by atoms with van der Waals surface area (Å²) in [4.78, 5) is 2.52. The highest BCUT2D eigenvalue weighted by Gasteiger charge is 2.23. The van der Waals surface area contributed by atoms with E-state index in [2.05, 4.69) is 10.00 Å². The van der Waals surface area contributed by atoms with E-state index >= 15 is 0 Å². The van der Waals surface area contributed by atoms with Gasteiger partial charge in [0.2, 0.25) is 0 Å². The van der Waals surface area contributed by atoms with E-state index in [0.29, 0.717) is 16.7 Å². The third-order valence-electron chi connectivity index (χ3n) is 5.01. The van der Waals surface area contributed by atoms with Crippen LogP contribution in [0.5, 0.6) is 5.75 Å². The number of aromatic nitrogens is 2. The summed E-state index contributed by atoms with van der Waals surface area (Å²) in [6.07, 6.45) is 5.14. The van der Waals surface area contributed by atoms with Crippen LogP contribution in [0.2, 0.25) is 0 Å². The Morgan fingerprint density at radius 1 is 1.00 bits per heavy atom. The van der Waals surface area contributed by atoms with Gasteiger partial charge in [-0.1, -0.05) is 30.7 Å². The number of halogens is 1. The first-order chi connectivity index (χ1) is 13.1. The number of benzene rings is 2. The van der Waals surface area contributed by atoms with Gasteiger partial charge in [0.1, 0.15) is 12.0 Å². The largest absolute Gasteiger partial charge is 0.475 e. The summed E-state index contributed by atoms with van der Waals surface area (Å²) < 4.78 is 33.1. The van der Waals surface area contributed by atoms with Crippen LogP contribution in [0.15, 0.2) is 59.6 Å². The number of piperidine rings is 1. The molecule has 0 amide bonds. The Morgan fingerprint density at radius 2 is 1.71 bits per heavy atom. The molecule has 1 aliphatic heterocycles. The summed E-state index contributed by atoms with van der Waals surface area (Å²) in [5, 5.41) is 4.85. The molecule has 2 heterocycles. The molecule has 1 aromatic heterocycles. The number of hydrogen-bond acceptors (Lipinski definition) is 5. The van der Waals surface area contributed by atoms with Crippen molar-refractivity contribution >= 4 is 33.3 Å². The molecule has 1 saturated heterocycles. The molecule has 0 saturated carbocycles. The molecule has 1 fully saturated rings. The van der Waals surface area contributed by atoms with Crippen LogP contribution >= 0.6 is 12.4 Å². The average Bonchev–Trinajstić information content (AvgIpc) is 3.15. The third kappa shape index (κ3) is 3.87. The molecule has 1 aliphatic rings. The molecular weight excluding hydrogens is 398 g/mol. The number of hydrogen-bond donors (Lipinski definition) is 0. The van der Waals surface area contributed by atoms with Crippen LogP contribution in [0.3, 0.4) is 0 Å². The Morgan fingerprint density at radius 3 is 2.43 bits per heavy atom. The lowest BCUT2D eigenvalue weighted by Crippen LogP contribution is -2.40. The van der Waals surface area contributed by atoms with E-state index in [1.807, 2.05) is 13.0 Å². The highest BCUT2D eigenvalue weighted by atomic mass is 35.5. The van der Waals surface area contributed by atoms with E-state index in [-0.39, 0.29) is 23.5 Å². The fourth-order valence-electron chi connectivity index (χ4n) is 3.53. The van der Waals surface area contributed by atoms with E-state index in [0.717, 1.165) is 17.2 Å². The number of ether oxygens (including phenoxy) is 1. The Labute approximate surface area is 171 Å². The average molecular weight is 422 g/mol. The van der Waals surface area contributed by atoms with E-state index in [4.69, 9.17) is 4.74 Å². The zero-order valence-corrected chi connectivity index (χ0v) is 17.3. The minimum atomic E-state index is -3.75. The molecule has 0 N–H and O–H groups in total. The van der Waals surface area contributed by atoms with Gasteiger partial charge in [0.05, 0.1) is 22.0 Å². The summed E-state index contributed by atoms with van der Waals surface area (Å²) in [5.41, 5.74) is 0.516. The van der Waals surface area contributed by atoms with Crippen molar-refractivity contribution in [1.82, 2.24) is 14.1 Å². The Kier molecular flexibility index (Phi) is 6.27. The molecule has 150 valence electrons. The second-order valence-corrected chi connectivity index (χ2v) is 8.58. The van der Waals surface area contributed by atoms with E-state index in [1.165, 1.54) is 19.3 Å². The van der Waals surface area contributed by atoms with Crippen molar-refractivity contribution < 1.29 is 13.2 Å². The second-order valence-electron chi connectivity index (χ2n) is 6.81. The van der Waals surface area contributed by atoms with Crippen LogP contribution < -0.4 is 4.74 Å². The van der Waals surface area contributed by atoms with Gasteiger partial charge in [-0.25, -0.2) is 0 Å². The van der Waals surface area contributed by atoms with Gasteiger partial charge in [0.15, 0.2) is 0 Å². The summed E-state index contributed by atoms with van der Waals surface area (Å²) in [5.74, 6) is 0.653. The third-order valence-corrected chi connectivity index (χ3v) is 6.63. The molecule has 28 heavy (non-hydrogen) atoms. The van der Waals surface area contributed by atoms with Crippen LogP contribution in [-0.4, -0.2) is 41.8 Å². The van der Waals surface area contributed by atoms with Gasteiger partial charge in [0, 0.05) is 13.1 Å². The molecule has 0 spiro atoms. The molecule has 8 heteroatoms. The Hall–Kier alpha value is -2.09. The molecule has 0 radical (unpaired) electrons. The molecule has 4 rings (SSSR count). The summed E-state index contributed by atoms with van der Waals surface area (Å²) >= 11 is 0. The van der Waals surface area contributed by atoms with E-state index in [9.17, 15) is 8.42 Å². The molecule has 0 bridgehead atoms. The lowest BCUT2D eigenvalue weighted by Gasteiger charge is -2.32. The molecule has 6 nitrogen and oxygen atoms in total. The van der Waals surface area contributed by atoms with Crippen LogP contribution in [0.25, 0.3) is 10.9 Å². The first kappa shape index (κ1) is 20.6. The molecule has 1 unspecified atom stereocenters. The van der Waals surface area contributed by atoms with Crippen molar-refractivity contribution in [2.45, 2.75) is 37.3 Å². The smallest absolute Gasteiger partial charge is 0.283 e. The van der Waals surface area contributed by atoms with Gasteiger partial charge in [-0.15, -0.1) is 12.4 Å². The number of nitrogens with zero attached hydrogens (tertiary/aromatic N) is 3. The van der Waals surface area contributed by atoms with Crippen molar-refractivity contribution in [3.8, 4) is 5.75 Å². The van der Waals surface area contributed by atoms with E-state index in [1.54, 1.807) is 48.7 Å².